The number of nitrogens with one attached hydrogen (secondary N) is 1. The van der Waals surface area contributed by atoms with Crippen LogP contribution in [0.25, 0.3) is 0 Å². The van der Waals surface area contributed by atoms with Crippen molar-refractivity contribution in [2.75, 3.05) is 66.0 Å². The SMILES string of the molecule is C=CCCCCCN(C)C(=NCCCCN1CCN(CC)CC1)NCC.I. The van der Waals surface area contributed by atoms with E-state index < -0.39 is 0 Å². The Labute approximate surface area is 185 Å². The summed E-state index contributed by atoms with van der Waals surface area (Å²) >= 11 is 0. The smallest absolute Gasteiger partial charge is 0.193 e. The Hall–Kier alpha value is -0.340. The van der Waals surface area contributed by atoms with Gasteiger partial charge in [-0.15, -0.1) is 30.6 Å². The maximum Gasteiger partial charge on any atom is 0.193 e. The Morgan fingerprint density at radius 3 is 2.37 bits per heavy atom. The number of unbranched alkanes of at least 4 members (excludes halogenated alkanes) is 4. The fraction of sp³-hybridized carbons (Fsp3) is 0.857. The van der Waals surface area contributed by atoms with Crippen LogP contribution >= 0.6 is 24.0 Å². The zero-order valence-corrected chi connectivity index (χ0v) is 20.4. The molecule has 0 aromatic heterocycles. The third-order valence-corrected chi connectivity index (χ3v) is 5.15. The van der Waals surface area contributed by atoms with Gasteiger partial charge in [-0.05, 0) is 52.1 Å². The van der Waals surface area contributed by atoms with Gasteiger partial charge in [-0.25, -0.2) is 0 Å². The van der Waals surface area contributed by atoms with Gasteiger partial charge in [0.05, 0.1) is 0 Å². The molecule has 1 rings (SSSR count). The Morgan fingerprint density at radius 2 is 1.74 bits per heavy atom. The van der Waals surface area contributed by atoms with Gasteiger partial charge < -0.3 is 20.0 Å². The summed E-state index contributed by atoms with van der Waals surface area (Å²) in [5.41, 5.74) is 0. The molecule has 0 amide bonds. The van der Waals surface area contributed by atoms with E-state index in [0.717, 1.165) is 32.0 Å². The number of piperazine rings is 1. The first-order valence-electron chi connectivity index (χ1n) is 10.8. The van der Waals surface area contributed by atoms with E-state index in [1.807, 2.05) is 6.08 Å². The first-order chi connectivity index (χ1) is 12.7. The summed E-state index contributed by atoms with van der Waals surface area (Å²) in [5, 5.41) is 3.43. The highest BCUT2D eigenvalue weighted by atomic mass is 127. The number of halogens is 1. The second-order valence-corrected chi connectivity index (χ2v) is 7.28. The van der Waals surface area contributed by atoms with Crippen molar-refractivity contribution in [2.24, 2.45) is 4.99 Å². The van der Waals surface area contributed by atoms with Crippen molar-refractivity contribution < 1.29 is 0 Å². The summed E-state index contributed by atoms with van der Waals surface area (Å²) in [7, 11) is 2.15. The van der Waals surface area contributed by atoms with E-state index in [0.29, 0.717) is 0 Å². The Kier molecular flexibility index (Phi) is 17.5. The lowest BCUT2D eigenvalue weighted by Gasteiger charge is -2.33. The van der Waals surface area contributed by atoms with Gasteiger partial charge in [0.1, 0.15) is 0 Å². The van der Waals surface area contributed by atoms with Crippen LogP contribution in [0.5, 0.6) is 0 Å². The molecule has 1 fully saturated rings. The van der Waals surface area contributed by atoms with Gasteiger partial charge in [0, 0.05) is 52.9 Å². The zero-order chi connectivity index (χ0) is 19.0. The zero-order valence-electron chi connectivity index (χ0n) is 18.1. The van der Waals surface area contributed by atoms with E-state index in [1.165, 1.54) is 71.4 Å². The molecule has 0 aliphatic carbocycles. The molecule has 0 bridgehead atoms. The van der Waals surface area contributed by atoms with Crippen molar-refractivity contribution in [1.29, 1.82) is 0 Å². The van der Waals surface area contributed by atoms with Crippen LogP contribution in [0, 0.1) is 0 Å². The van der Waals surface area contributed by atoms with E-state index in [2.05, 4.69) is 47.5 Å². The molecule has 1 N–H and O–H groups in total. The van der Waals surface area contributed by atoms with Crippen LogP contribution in [0.2, 0.25) is 0 Å². The van der Waals surface area contributed by atoms with Crippen molar-refractivity contribution in [3.8, 4) is 0 Å². The maximum absolute atomic E-state index is 4.82. The van der Waals surface area contributed by atoms with Crippen molar-refractivity contribution in [2.45, 2.75) is 52.4 Å². The van der Waals surface area contributed by atoms with Crippen LogP contribution in [0.4, 0.5) is 0 Å². The quantitative estimate of drug-likeness (QED) is 0.140. The predicted molar refractivity (Wildman–Crippen MR) is 130 cm³/mol. The highest BCUT2D eigenvalue weighted by Crippen LogP contribution is 2.04. The van der Waals surface area contributed by atoms with Crippen molar-refractivity contribution in [3.63, 3.8) is 0 Å². The molecular formula is C21H44IN5. The van der Waals surface area contributed by atoms with Crippen LogP contribution in [-0.2, 0) is 0 Å². The molecular weight excluding hydrogens is 449 g/mol. The van der Waals surface area contributed by atoms with Gasteiger partial charge in [-0.3, -0.25) is 4.99 Å². The topological polar surface area (TPSA) is 34.1 Å². The molecule has 6 heteroatoms. The first-order valence-corrected chi connectivity index (χ1v) is 10.8. The lowest BCUT2D eigenvalue weighted by atomic mass is 10.2. The molecule has 160 valence electrons. The number of allylic oxidation sites excluding steroid dienone is 1. The fourth-order valence-electron chi connectivity index (χ4n) is 3.35. The fourth-order valence-corrected chi connectivity index (χ4v) is 3.35. The van der Waals surface area contributed by atoms with Crippen LogP contribution in [0.15, 0.2) is 17.6 Å². The summed E-state index contributed by atoms with van der Waals surface area (Å²) in [6, 6.07) is 0. The molecule has 0 radical (unpaired) electrons. The van der Waals surface area contributed by atoms with Crippen LogP contribution in [-0.4, -0.2) is 86.6 Å². The monoisotopic (exact) mass is 493 g/mol. The molecule has 1 heterocycles. The minimum atomic E-state index is 0. The van der Waals surface area contributed by atoms with Gasteiger partial charge in [0.2, 0.25) is 0 Å². The molecule has 0 saturated carbocycles. The molecule has 0 unspecified atom stereocenters. The molecule has 1 saturated heterocycles. The molecule has 1 aliphatic rings. The molecule has 5 nitrogen and oxygen atoms in total. The number of likely N-dealkylation sites (N-methyl/N-ethyl adjacent to an activating group) is 1. The Morgan fingerprint density at radius 1 is 1.04 bits per heavy atom. The highest BCUT2D eigenvalue weighted by Gasteiger charge is 2.14. The van der Waals surface area contributed by atoms with Gasteiger partial charge in [-0.2, -0.15) is 0 Å². The Bertz CT molecular complexity index is 381. The number of hydrogen-bond donors (Lipinski definition) is 1. The number of nitrogens with zero attached hydrogens (tertiary/aromatic N) is 4. The molecule has 27 heavy (non-hydrogen) atoms. The average molecular weight is 494 g/mol. The summed E-state index contributed by atoms with van der Waals surface area (Å²) < 4.78 is 0. The van der Waals surface area contributed by atoms with Crippen molar-refractivity contribution in [3.05, 3.63) is 12.7 Å². The lowest BCUT2D eigenvalue weighted by Crippen LogP contribution is -2.46. The largest absolute Gasteiger partial charge is 0.357 e. The average Bonchev–Trinajstić information content (AvgIpc) is 2.67. The standard InChI is InChI=1S/C21H43N5.HI/c1-5-8-9-10-12-15-24(4)21(22-6-2)23-14-11-13-16-26-19-17-25(7-3)18-20-26;/h5H,1,6-20H2,2-4H3,(H,22,23);1H. The minimum Gasteiger partial charge on any atom is -0.357 e. The van der Waals surface area contributed by atoms with E-state index in [-0.39, 0.29) is 24.0 Å². The van der Waals surface area contributed by atoms with E-state index in [4.69, 9.17) is 4.99 Å². The predicted octanol–water partition coefficient (Wildman–Crippen LogP) is 3.67. The molecule has 0 atom stereocenters. The first kappa shape index (κ1) is 26.7. The maximum atomic E-state index is 4.82. The van der Waals surface area contributed by atoms with E-state index >= 15 is 0 Å². The second kappa shape index (κ2) is 17.7. The van der Waals surface area contributed by atoms with Crippen molar-refractivity contribution in [1.82, 2.24) is 20.0 Å². The molecule has 0 spiro atoms. The van der Waals surface area contributed by atoms with Gasteiger partial charge >= 0.3 is 0 Å². The van der Waals surface area contributed by atoms with Gasteiger partial charge in [0.25, 0.3) is 0 Å². The van der Waals surface area contributed by atoms with E-state index in [9.17, 15) is 0 Å². The number of rotatable bonds is 13. The van der Waals surface area contributed by atoms with Gasteiger partial charge in [0.15, 0.2) is 5.96 Å². The van der Waals surface area contributed by atoms with Crippen LogP contribution < -0.4 is 5.32 Å². The number of guanidine groups is 1. The van der Waals surface area contributed by atoms with Crippen LogP contribution in [0.1, 0.15) is 52.4 Å². The molecule has 1 aliphatic heterocycles. The summed E-state index contributed by atoms with van der Waals surface area (Å²) in [6.45, 7) is 18.5. The third-order valence-electron chi connectivity index (χ3n) is 5.15. The summed E-state index contributed by atoms with van der Waals surface area (Å²) in [5.74, 6) is 1.06. The number of aliphatic imine (C=N–C) groups is 1. The highest BCUT2D eigenvalue weighted by molar-refractivity contribution is 14.0. The minimum absolute atomic E-state index is 0. The molecule has 0 aromatic rings. The lowest BCUT2D eigenvalue weighted by molar-refractivity contribution is 0.136. The van der Waals surface area contributed by atoms with Crippen molar-refractivity contribution >= 4 is 29.9 Å². The normalized spacial score (nSPS) is 16.0. The second-order valence-electron chi connectivity index (χ2n) is 7.28. The molecule has 0 aromatic carbocycles. The van der Waals surface area contributed by atoms with E-state index in [1.54, 1.807) is 0 Å². The Balaban J connectivity index is 0.00000676. The van der Waals surface area contributed by atoms with Gasteiger partial charge in [-0.1, -0.05) is 19.4 Å². The third kappa shape index (κ3) is 12.7. The van der Waals surface area contributed by atoms with Crippen LogP contribution in [0.3, 0.4) is 0 Å². The summed E-state index contributed by atoms with van der Waals surface area (Å²) in [6.07, 6.45) is 9.30. The summed E-state index contributed by atoms with van der Waals surface area (Å²) in [4.78, 5) is 12.3. The number of hydrogen-bond acceptors (Lipinski definition) is 3.